The molecule has 2 aromatic rings. The number of rotatable bonds is 3. The summed E-state index contributed by atoms with van der Waals surface area (Å²) in [4.78, 5) is 8.36. The Morgan fingerprint density at radius 1 is 1.32 bits per heavy atom. The van der Waals surface area contributed by atoms with Gasteiger partial charge in [-0.3, -0.25) is 4.98 Å². The van der Waals surface area contributed by atoms with E-state index in [2.05, 4.69) is 26.1 Å². The molecule has 162 valence electrons. The lowest BCUT2D eigenvalue weighted by Crippen LogP contribution is -2.46. The number of nitrogens with one attached hydrogen (secondary N) is 1. The highest BCUT2D eigenvalue weighted by Crippen LogP contribution is 2.42. The maximum Gasteiger partial charge on any atom is 0.425 e. The van der Waals surface area contributed by atoms with Gasteiger partial charge >= 0.3 is 6.18 Å². The molecule has 1 unspecified atom stereocenters. The van der Waals surface area contributed by atoms with Crippen molar-refractivity contribution in [3.05, 3.63) is 58.7 Å². The van der Waals surface area contributed by atoms with E-state index in [4.69, 9.17) is 11.0 Å². The Morgan fingerprint density at radius 3 is 2.81 bits per heavy atom. The Kier molecular flexibility index (Phi) is 5.00. The van der Waals surface area contributed by atoms with E-state index in [1.807, 2.05) is 0 Å². The van der Waals surface area contributed by atoms with Crippen molar-refractivity contribution in [1.29, 1.82) is 5.26 Å². The smallest absolute Gasteiger partial charge is 0.425 e. The number of ether oxygens (including phenoxy) is 1. The maximum atomic E-state index is 14.7. The van der Waals surface area contributed by atoms with E-state index in [9.17, 15) is 17.6 Å². The summed E-state index contributed by atoms with van der Waals surface area (Å²) in [6, 6.07) is 7.20. The van der Waals surface area contributed by atoms with Crippen LogP contribution in [0.2, 0.25) is 0 Å². The first-order chi connectivity index (χ1) is 14.6. The summed E-state index contributed by atoms with van der Waals surface area (Å²) in [6.07, 6.45) is -4.49. The Balaban J connectivity index is 1.63. The van der Waals surface area contributed by atoms with Crippen molar-refractivity contribution in [2.24, 2.45) is 10.7 Å². The molecular formula is C21H19F4N5O. The number of fused-ring (bicyclic) bond motifs is 1. The number of nitriles is 1. The highest BCUT2D eigenvalue weighted by atomic mass is 19.4. The first-order valence-corrected chi connectivity index (χ1v) is 9.63. The molecule has 0 fully saturated rings. The van der Waals surface area contributed by atoms with Gasteiger partial charge in [0.15, 0.2) is 6.10 Å². The normalized spacial score (nSPS) is 25.2. The van der Waals surface area contributed by atoms with E-state index in [-0.39, 0.29) is 11.6 Å². The zero-order valence-corrected chi connectivity index (χ0v) is 16.5. The Bertz CT molecular complexity index is 1090. The number of nitrogens with zero attached hydrogens (tertiary/aromatic N) is 3. The second-order valence-corrected chi connectivity index (χ2v) is 7.89. The van der Waals surface area contributed by atoms with E-state index in [1.165, 1.54) is 31.3 Å². The van der Waals surface area contributed by atoms with Crippen LogP contribution in [0.1, 0.15) is 48.2 Å². The molecular weight excluding hydrogens is 414 g/mol. The molecule has 6 nitrogen and oxygen atoms in total. The van der Waals surface area contributed by atoms with Crippen LogP contribution in [-0.4, -0.2) is 23.3 Å². The second-order valence-electron chi connectivity index (χ2n) is 7.89. The van der Waals surface area contributed by atoms with Crippen LogP contribution in [0.15, 0.2) is 35.5 Å². The molecule has 0 saturated heterocycles. The molecule has 3 atom stereocenters. The van der Waals surface area contributed by atoms with Gasteiger partial charge in [0.1, 0.15) is 11.9 Å². The molecule has 10 heteroatoms. The summed E-state index contributed by atoms with van der Waals surface area (Å²) in [5, 5.41) is 12.3. The van der Waals surface area contributed by atoms with E-state index in [0.717, 1.165) is 24.1 Å². The second kappa shape index (κ2) is 7.41. The number of benzene rings is 1. The van der Waals surface area contributed by atoms with Gasteiger partial charge in [0.25, 0.3) is 6.02 Å². The van der Waals surface area contributed by atoms with Crippen molar-refractivity contribution in [3.8, 4) is 6.07 Å². The number of nitrogens with two attached hydrogens (primary N) is 1. The predicted molar refractivity (Wildman–Crippen MR) is 105 cm³/mol. The van der Waals surface area contributed by atoms with Gasteiger partial charge < -0.3 is 15.8 Å². The van der Waals surface area contributed by atoms with Crippen molar-refractivity contribution in [1.82, 2.24) is 4.98 Å². The fourth-order valence-corrected chi connectivity index (χ4v) is 4.12. The molecule has 0 saturated carbocycles. The predicted octanol–water partition coefficient (Wildman–Crippen LogP) is 4.07. The molecule has 0 amide bonds. The number of pyridine rings is 1. The number of anilines is 1. The minimum absolute atomic E-state index is 0.0102. The number of alkyl halides is 3. The minimum atomic E-state index is -4.66. The maximum absolute atomic E-state index is 14.7. The molecule has 1 aromatic heterocycles. The molecule has 3 N–H and O–H groups in total. The third kappa shape index (κ3) is 4.00. The monoisotopic (exact) mass is 433 g/mol. The van der Waals surface area contributed by atoms with E-state index in [1.54, 1.807) is 6.07 Å². The number of aromatic nitrogens is 1. The van der Waals surface area contributed by atoms with Gasteiger partial charge in [0.05, 0.1) is 22.8 Å². The van der Waals surface area contributed by atoms with Crippen molar-refractivity contribution >= 4 is 11.7 Å². The lowest BCUT2D eigenvalue weighted by atomic mass is 9.85. The summed E-state index contributed by atoms with van der Waals surface area (Å²) in [6.45, 7) is 1.40. The van der Waals surface area contributed by atoms with Gasteiger partial charge in [-0.1, -0.05) is 0 Å². The van der Waals surface area contributed by atoms with Gasteiger partial charge in [-0.15, -0.1) is 0 Å². The Morgan fingerprint density at radius 2 is 2.10 bits per heavy atom. The highest BCUT2D eigenvalue weighted by molar-refractivity contribution is 5.73. The molecule has 4 rings (SSSR count). The molecule has 31 heavy (non-hydrogen) atoms. The van der Waals surface area contributed by atoms with Crippen molar-refractivity contribution in [2.45, 2.75) is 50.0 Å². The van der Waals surface area contributed by atoms with Crippen LogP contribution in [0.3, 0.4) is 0 Å². The van der Waals surface area contributed by atoms with Crippen molar-refractivity contribution in [3.63, 3.8) is 0 Å². The van der Waals surface area contributed by atoms with Crippen molar-refractivity contribution in [2.75, 3.05) is 5.32 Å². The van der Waals surface area contributed by atoms with Gasteiger partial charge in [-0.25, -0.2) is 9.38 Å². The average Bonchev–Trinajstić information content (AvgIpc) is 3.10. The molecule has 2 aliphatic rings. The van der Waals surface area contributed by atoms with Gasteiger partial charge in [0.2, 0.25) is 0 Å². The van der Waals surface area contributed by atoms with E-state index in [0.29, 0.717) is 11.3 Å². The van der Waals surface area contributed by atoms with Crippen LogP contribution in [0, 0.1) is 17.1 Å². The standard InChI is InChI=1S/C21H19F4N5O/c1-20(8-17(21(23,24)25)31-19(27)30-20)14-7-13(3-4-15(14)22)29-16-5-2-12-6-11(9-26)10-28-18(12)16/h3-4,6-7,10,16-17,29H,2,5,8H2,1H3,(H2,27,30)/t16?,17-,20+/m0/s1. The number of amidine groups is 1. The van der Waals surface area contributed by atoms with Crippen LogP contribution in [0.25, 0.3) is 0 Å². The third-order valence-electron chi connectivity index (χ3n) is 5.62. The highest BCUT2D eigenvalue weighted by Gasteiger charge is 2.50. The number of hydrogen-bond donors (Lipinski definition) is 2. The first-order valence-electron chi connectivity index (χ1n) is 9.63. The van der Waals surface area contributed by atoms with Crippen LogP contribution >= 0.6 is 0 Å². The molecule has 0 spiro atoms. The third-order valence-corrected chi connectivity index (χ3v) is 5.62. The van der Waals surface area contributed by atoms with Crippen LogP contribution < -0.4 is 11.1 Å². The summed E-state index contributed by atoms with van der Waals surface area (Å²) in [7, 11) is 0. The fraction of sp³-hybridized carbons (Fsp3) is 0.381. The van der Waals surface area contributed by atoms with E-state index >= 15 is 0 Å². The minimum Gasteiger partial charge on any atom is -0.452 e. The molecule has 1 aliphatic heterocycles. The molecule has 1 aliphatic carbocycles. The Labute approximate surface area is 175 Å². The van der Waals surface area contributed by atoms with Gasteiger partial charge in [0, 0.05) is 23.9 Å². The number of halogens is 4. The lowest BCUT2D eigenvalue weighted by molar-refractivity contribution is -0.208. The van der Waals surface area contributed by atoms with Crippen LogP contribution in [-0.2, 0) is 16.7 Å². The SMILES string of the molecule is C[C@]1(c2cc(NC3CCc4cc(C#N)cnc43)ccc2F)C[C@@H](C(F)(F)F)OC(N)=N1. The van der Waals surface area contributed by atoms with Crippen LogP contribution in [0.4, 0.5) is 23.2 Å². The summed E-state index contributed by atoms with van der Waals surface area (Å²) in [5.41, 5.74) is 6.68. The van der Waals surface area contributed by atoms with Crippen LogP contribution in [0.5, 0.6) is 0 Å². The largest absolute Gasteiger partial charge is 0.452 e. The van der Waals surface area contributed by atoms with Gasteiger partial charge in [-0.05, 0) is 49.6 Å². The number of hydrogen-bond acceptors (Lipinski definition) is 6. The summed E-state index contributed by atoms with van der Waals surface area (Å²) < 4.78 is 59.1. The topological polar surface area (TPSA) is 96.3 Å². The van der Waals surface area contributed by atoms with Gasteiger partial charge in [-0.2, -0.15) is 18.4 Å². The lowest BCUT2D eigenvalue weighted by Gasteiger charge is -2.36. The summed E-state index contributed by atoms with van der Waals surface area (Å²) >= 11 is 0. The zero-order valence-electron chi connectivity index (χ0n) is 16.5. The fourth-order valence-electron chi connectivity index (χ4n) is 4.12. The quantitative estimate of drug-likeness (QED) is 0.712. The number of aliphatic imine (C=N–C) groups is 1. The first kappa shape index (κ1) is 20.9. The molecule has 0 bridgehead atoms. The zero-order chi connectivity index (χ0) is 22.4. The molecule has 1 aromatic carbocycles. The molecule has 2 heterocycles. The number of aryl methyl sites for hydroxylation is 1. The van der Waals surface area contributed by atoms with Crippen molar-refractivity contribution < 1.29 is 22.3 Å². The van der Waals surface area contributed by atoms with E-state index < -0.39 is 36.1 Å². The summed E-state index contributed by atoms with van der Waals surface area (Å²) in [5.74, 6) is -0.684. The molecule has 0 radical (unpaired) electrons. The average molecular weight is 433 g/mol. The Hall–Kier alpha value is -3.35.